The molecule has 168 valence electrons. The van der Waals surface area contributed by atoms with Crippen molar-refractivity contribution in [3.8, 4) is 0 Å². The van der Waals surface area contributed by atoms with Gasteiger partial charge >= 0.3 is 0 Å². The molecular formula is C27H36O4. The van der Waals surface area contributed by atoms with Gasteiger partial charge < -0.3 is 20.4 Å². The summed E-state index contributed by atoms with van der Waals surface area (Å²) >= 11 is 0. The largest absolute Gasteiger partial charge is 0.396 e. The average Bonchev–Trinajstić information content (AvgIpc) is 3.57. The van der Waals surface area contributed by atoms with Gasteiger partial charge in [-0.1, -0.05) is 63.2 Å². The van der Waals surface area contributed by atoms with Gasteiger partial charge in [-0.25, -0.2) is 0 Å². The van der Waals surface area contributed by atoms with E-state index >= 15 is 0 Å². The van der Waals surface area contributed by atoms with Gasteiger partial charge in [-0.15, -0.1) is 0 Å². The lowest BCUT2D eigenvalue weighted by molar-refractivity contribution is -0.127. The van der Waals surface area contributed by atoms with Crippen molar-refractivity contribution in [2.75, 3.05) is 6.61 Å². The highest BCUT2D eigenvalue weighted by Gasteiger charge is 2.43. The van der Waals surface area contributed by atoms with Crippen LogP contribution in [0.4, 0.5) is 0 Å². The molecule has 0 radical (unpaired) electrons. The van der Waals surface area contributed by atoms with E-state index < -0.39 is 24.2 Å². The van der Waals surface area contributed by atoms with E-state index in [4.69, 9.17) is 0 Å². The molecule has 2 saturated carbocycles. The summed E-state index contributed by atoms with van der Waals surface area (Å²) in [6.45, 7) is 6.46. The fourth-order valence-corrected chi connectivity index (χ4v) is 4.98. The van der Waals surface area contributed by atoms with Gasteiger partial charge in [-0.3, -0.25) is 0 Å². The predicted molar refractivity (Wildman–Crippen MR) is 122 cm³/mol. The van der Waals surface area contributed by atoms with Gasteiger partial charge in [0.05, 0.1) is 12.2 Å². The molecule has 2 aromatic carbocycles. The lowest BCUT2D eigenvalue weighted by atomic mass is 9.72. The zero-order chi connectivity index (χ0) is 22.3. The molecule has 4 nitrogen and oxygen atoms in total. The summed E-state index contributed by atoms with van der Waals surface area (Å²) in [5.74, 6) is -0.113. The Balaban J connectivity index is 1.63. The zero-order valence-corrected chi connectivity index (χ0v) is 18.8. The molecule has 0 unspecified atom stereocenters. The van der Waals surface area contributed by atoms with E-state index in [-0.39, 0.29) is 17.9 Å². The second kappa shape index (κ2) is 8.67. The molecule has 0 heterocycles. The first-order valence-corrected chi connectivity index (χ1v) is 11.6. The summed E-state index contributed by atoms with van der Waals surface area (Å²) in [7, 11) is 0. The van der Waals surface area contributed by atoms with E-state index in [2.05, 4.69) is 63.2 Å². The first kappa shape index (κ1) is 22.5. The van der Waals surface area contributed by atoms with Crippen LogP contribution in [0.5, 0.6) is 0 Å². The summed E-state index contributed by atoms with van der Waals surface area (Å²) in [5.41, 5.74) is 6.34. The Kier molecular flexibility index (Phi) is 6.28. The van der Waals surface area contributed by atoms with Gasteiger partial charge in [0.2, 0.25) is 0 Å². The minimum Gasteiger partial charge on any atom is -0.396 e. The van der Waals surface area contributed by atoms with E-state index in [1.54, 1.807) is 0 Å². The maximum atomic E-state index is 10.7. The first-order valence-electron chi connectivity index (χ1n) is 11.6. The highest BCUT2D eigenvalue weighted by Crippen LogP contribution is 2.44. The van der Waals surface area contributed by atoms with Crippen molar-refractivity contribution in [1.82, 2.24) is 0 Å². The molecule has 0 amide bonds. The van der Waals surface area contributed by atoms with Crippen molar-refractivity contribution in [3.05, 3.63) is 70.3 Å². The first-order chi connectivity index (χ1) is 14.7. The van der Waals surface area contributed by atoms with Gasteiger partial charge in [0.15, 0.2) is 0 Å². The number of benzene rings is 2. The molecule has 0 saturated heterocycles. The molecule has 2 fully saturated rings. The summed E-state index contributed by atoms with van der Waals surface area (Å²) in [5, 5.41) is 40.8. The maximum Gasteiger partial charge on any atom is 0.107 e. The van der Waals surface area contributed by atoms with Crippen LogP contribution in [0.15, 0.2) is 42.5 Å². The third-order valence-corrected chi connectivity index (χ3v) is 7.21. The fraction of sp³-hybridized carbons (Fsp3) is 0.556. The Morgan fingerprint density at radius 1 is 0.871 bits per heavy atom. The number of aliphatic hydroxyl groups is 4. The van der Waals surface area contributed by atoms with Gasteiger partial charge in [-0.2, -0.15) is 0 Å². The lowest BCUT2D eigenvalue weighted by Crippen LogP contribution is -2.51. The second-order valence-corrected chi connectivity index (χ2v) is 10.6. The summed E-state index contributed by atoms with van der Waals surface area (Å²) in [6.07, 6.45) is 0.358. The maximum absolute atomic E-state index is 10.7. The standard InChI is InChI=1S/C27H36O4/c1-27(2,3)21-9-4-16(5-10-21)12-19-13-18(8-11-22(19)17-6-7-17)23-14-20(15-28)24(29)26(31)25(23)30/h4-5,8-11,13,17,20,23-26,28-31H,6-7,12,14-15H2,1-3H3/t20-,23+,24-,25+,26+/m1/s1. The number of hydrogen-bond acceptors (Lipinski definition) is 4. The number of aliphatic hydroxyl groups excluding tert-OH is 4. The average molecular weight is 425 g/mol. The molecule has 2 aromatic rings. The molecule has 4 rings (SSSR count). The third kappa shape index (κ3) is 4.73. The van der Waals surface area contributed by atoms with Crippen molar-refractivity contribution < 1.29 is 20.4 Å². The molecule has 2 aliphatic rings. The van der Waals surface area contributed by atoms with Crippen molar-refractivity contribution in [2.45, 2.75) is 82.0 Å². The van der Waals surface area contributed by atoms with Crippen LogP contribution in [0.1, 0.15) is 79.7 Å². The van der Waals surface area contributed by atoms with Crippen LogP contribution in [-0.2, 0) is 11.8 Å². The second-order valence-electron chi connectivity index (χ2n) is 10.6. The van der Waals surface area contributed by atoms with Crippen LogP contribution < -0.4 is 0 Å². The topological polar surface area (TPSA) is 80.9 Å². The van der Waals surface area contributed by atoms with Crippen molar-refractivity contribution in [2.24, 2.45) is 5.92 Å². The van der Waals surface area contributed by atoms with Crippen LogP contribution in [0.2, 0.25) is 0 Å². The molecular weight excluding hydrogens is 388 g/mol. The fourth-order valence-electron chi connectivity index (χ4n) is 4.98. The van der Waals surface area contributed by atoms with Crippen LogP contribution in [0.3, 0.4) is 0 Å². The third-order valence-electron chi connectivity index (χ3n) is 7.21. The minimum atomic E-state index is -1.24. The number of hydrogen-bond donors (Lipinski definition) is 4. The predicted octanol–water partition coefficient (Wildman–Crippen LogP) is 3.63. The van der Waals surface area contributed by atoms with Crippen LogP contribution >= 0.6 is 0 Å². The van der Waals surface area contributed by atoms with Crippen LogP contribution in [-0.4, -0.2) is 45.3 Å². The minimum absolute atomic E-state index is 0.128. The SMILES string of the molecule is CC(C)(C)c1ccc(Cc2cc([C@@H]3C[C@H](CO)[C@@H](O)[C@H](O)[C@H]3O)ccc2C2CC2)cc1. The van der Waals surface area contributed by atoms with Crippen molar-refractivity contribution in [3.63, 3.8) is 0 Å². The Morgan fingerprint density at radius 2 is 1.55 bits per heavy atom. The molecule has 0 spiro atoms. The highest BCUT2D eigenvalue weighted by atomic mass is 16.4. The van der Waals surface area contributed by atoms with E-state index in [1.165, 1.54) is 35.1 Å². The lowest BCUT2D eigenvalue weighted by Gasteiger charge is -2.40. The van der Waals surface area contributed by atoms with Crippen LogP contribution in [0.25, 0.3) is 0 Å². The Morgan fingerprint density at radius 3 is 2.13 bits per heavy atom. The monoisotopic (exact) mass is 424 g/mol. The van der Waals surface area contributed by atoms with Gasteiger partial charge in [0.25, 0.3) is 0 Å². The van der Waals surface area contributed by atoms with E-state index in [9.17, 15) is 20.4 Å². The Bertz CT molecular complexity index is 892. The van der Waals surface area contributed by atoms with E-state index in [0.29, 0.717) is 12.3 Å². The quantitative estimate of drug-likeness (QED) is 0.591. The molecule has 4 N–H and O–H groups in total. The Labute approximate surface area is 185 Å². The molecule has 0 aromatic heterocycles. The van der Waals surface area contributed by atoms with E-state index in [0.717, 1.165) is 12.0 Å². The van der Waals surface area contributed by atoms with Crippen LogP contribution in [0, 0.1) is 5.92 Å². The smallest absolute Gasteiger partial charge is 0.107 e. The molecule has 31 heavy (non-hydrogen) atoms. The van der Waals surface area contributed by atoms with E-state index in [1.807, 2.05) is 0 Å². The Hall–Kier alpha value is -1.72. The molecule has 5 atom stereocenters. The highest BCUT2D eigenvalue weighted by molar-refractivity contribution is 5.42. The summed E-state index contributed by atoms with van der Waals surface area (Å²) in [6, 6.07) is 15.3. The van der Waals surface area contributed by atoms with Gasteiger partial charge in [0.1, 0.15) is 6.10 Å². The van der Waals surface area contributed by atoms with Crippen molar-refractivity contribution >= 4 is 0 Å². The summed E-state index contributed by atoms with van der Waals surface area (Å²) < 4.78 is 0. The number of rotatable bonds is 5. The molecule has 0 bridgehead atoms. The summed E-state index contributed by atoms with van der Waals surface area (Å²) in [4.78, 5) is 0. The zero-order valence-electron chi connectivity index (χ0n) is 18.8. The van der Waals surface area contributed by atoms with Gasteiger partial charge in [-0.05, 0) is 64.8 Å². The van der Waals surface area contributed by atoms with Crippen molar-refractivity contribution in [1.29, 1.82) is 0 Å². The normalized spacial score (nSPS) is 29.2. The van der Waals surface area contributed by atoms with Gasteiger partial charge in [0, 0.05) is 18.4 Å². The molecule has 0 aliphatic heterocycles. The molecule has 2 aliphatic carbocycles. The molecule has 4 heteroatoms.